The Bertz CT molecular complexity index is 1240. The summed E-state index contributed by atoms with van der Waals surface area (Å²) in [7, 11) is 3.05. The van der Waals surface area contributed by atoms with Crippen molar-refractivity contribution < 1.29 is 23.9 Å². The first-order valence-electron chi connectivity index (χ1n) is 8.61. The van der Waals surface area contributed by atoms with Crippen molar-refractivity contribution in [3.05, 3.63) is 64.0 Å². The number of carbonyl (C=O) groups excluding carboxylic acids is 4. The summed E-state index contributed by atoms with van der Waals surface area (Å²) in [5.74, 6) is -2.08. The number of hydrogen-bond donors (Lipinski definition) is 0. The Morgan fingerprint density at radius 2 is 1.72 bits per heavy atom. The molecular weight excluding hydrogens is 394 g/mol. The number of aromatic nitrogens is 1. The Labute approximate surface area is 168 Å². The number of rotatable bonds is 3. The predicted molar refractivity (Wildman–Crippen MR) is 105 cm³/mol. The van der Waals surface area contributed by atoms with Crippen LogP contribution in [-0.4, -0.2) is 46.8 Å². The molecule has 0 N–H and O–H groups in total. The molecule has 1 aromatic heterocycles. The second-order valence-corrected chi connectivity index (χ2v) is 7.37. The van der Waals surface area contributed by atoms with Crippen LogP contribution in [0.15, 0.2) is 47.5 Å². The molecule has 9 heteroatoms. The normalized spacial score (nSPS) is 13.9. The van der Waals surface area contributed by atoms with Gasteiger partial charge in [0.25, 0.3) is 17.7 Å². The summed E-state index contributed by atoms with van der Waals surface area (Å²) in [6, 6.07) is 11.5. The zero-order chi connectivity index (χ0) is 20.7. The molecule has 0 radical (unpaired) electrons. The van der Waals surface area contributed by atoms with Gasteiger partial charge in [0.2, 0.25) is 0 Å². The lowest BCUT2D eigenvalue weighted by atomic mass is 10.1. The molecule has 146 valence electrons. The van der Waals surface area contributed by atoms with Gasteiger partial charge in [0.15, 0.2) is 4.80 Å². The van der Waals surface area contributed by atoms with Gasteiger partial charge in [0.1, 0.15) is 6.54 Å². The Morgan fingerprint density at radius 3 is 2.34 bits per heavy atom. The summed E-state index contributed by atoms with van der Waals surface area (Å²) < 4.78 is 7.18. The zero-order valence-electron chi connectivity index (χ0n) is 15.5. The summed E-state index contributed by atoms with van der Waals surface area (Å²) in [6.45, 7) is -0.437. The number of fused-ring (bicyclic) bond motifs is 2. The van der Waals surface area contributed by atoms with E-state index in [0.29, 0.717) is 10.4 Å². The number of thiazole rings is 1. The molecule has 0 unspecified atom stereocenters. The Balaban J connectivity index is 1.63. The van der Waals surface area contributed by atoms with E-state index in [1.807, 2.05) is 0 Å². The summed E-state index contributed by atoms with van der Waals surface area (Å²) in [5.41, 5.74) is 1.75. The number of imide groups is 1. The van der Waals surface area contributed by atoms with Gasteiger partial charge in [-0.1, -0.05) is 23.5 Å². The van der Waals surface area contributed by atoms with E-state index in [4.69, 9.17) is 4.74 Å². The Hall–Kier alpha value is -3.59. The summed E-state index contributed by atoms with van der Waals surface area (Å²) >= 11 is 1.22. The highest BCUT2D eigenvalue weighted by Gasteiger charge is 2.36. The third kappa shape index (κ3) is 3.15. The van der Waals surface area contributed by atoms with E-state index in [1.165, 1.54) is 18.4 Å². The van der Waals surface area contributed by atoms with Crippen LogP contribution in [0.5, 0.6) is 0 Å². The molecule has 4 rings (SSSR count). The van der Waals surface area contributed by atoms with Gasteiger partial charge in [-0.05, 0) is 30.3 Å². The Morgan fingerprint density at radius 1 is 1.07 bits per heavy atom. The monoisotopic (exact) mass is 409 g/mol. The number of aryl methyl sites for hydroxylation is 1. The minimum atomic E-state index is -0.616. The summed E-state index contributed by atoms with van der Waals surface area (Å²) in [6.07, 6.45) is 0. The number of ether oxygens (including phenoxy) is 1. The van der Waals surface area contributed by atoms with Crippen molar-refractivity contribution in [2.24, 2.45) is 12.0 Å². The molecule has 0 bridgehead atoms. The smallest absolute Gasteiger partial charge is 0.337 e. The molecular formula is C20H15N3O5S. The van der Waals surface area contributed by atoms with Gasteiger partial charge in [0, 0.05) is 7.05 Å². The highest BCUT2D eigenvalue weighted by atomic mass is 32.1. The minimum Gasteiger partial charge on any atom is -0.465 e. The van der Waals surface area contributed by atoms with Crippen LogP contribution in [0.1, 0.15) is 31.1 Å². The molecule has 29 heavy (non-hydrogen) atoms. The van der Waals surface area contributed by atoms with Crippen LogP contribution in [-0.2, 0) is 16.6 Å². The first-order valence-corrected chi connectivity index (χ1v) is 9.43. The lowest BCUT2D eigenvalue weighted by Gasteiger charge is -2.10. The van der Waals surface area contributed by atoms with E-state index in [1.54, 1.807) is 54.1 Å². The van der Waals surface area contributed by atoms with Crippen LogP contribution < -0.4 is 4.80 Å². The molecule has 3 amide bonds. The van der Waals surface area contributed by atoms with E-state index in [-0.39, 0.29) is 11.1 Å². The van der Waals surface area contributed by atoms with Gasteiger partial charge in [-0.2, -0.15) is 4.99 Å². The van der Waals surface area contributed by atoms with Crippen molar-refractivity contribution in [2.45, 2.75) is 0 Å². The third-order valence-electron chi connectivity index (χ3n) is 4.62. The van der Waals surface area contributed by atoms with Crippen molar-refractivity contribution in [2.75, 3.05) is 13.7 Å². The van der Waals surface area contributed by atoms with Crippen molar-refractivity contribution in [1.82, 2.24) is 9.47 Å². The Kier molecular flexibility index (Phi) is 4.59. The topological polar surface area (TPSA) is 98.0 Å². The quantitative estimate of drug-likeness (QED) is 0.485. The van der Waals surface area contributed by atoms with Crippen LogP contribution >= 0.6 is 11.3 Å². The van der Waals surface area contributed by atoms with E-state index >= 15 is 0 Å². The second-order valence-electron chi connectivity index (χ2n) is 6.37. The van der Waals surface area contributed by atoms with Gasteiger partial charge >= 0.3 is 5.97 Å². The van der Waals surface area contributed by atoms with Crippen LogP contribution in [0.3, 0.4) is 0 Å². The molecule has 2 heterocycles. The maximum absolute atomic E-state index is 12.5. The van der Waals surface area contributed by atoms with E-state index in [9.17, 15) is 19.2 Å². The van der Waals surface area contributed by atoms with Gasteiger partial charge < -0.3 is 9.30 Å². The minimum absolute atomic E-state index is 0.285. The first kappa shape index (κ1) is 18.8. The van der Waals surface area contributed by atoms with Crippen molar-refractivity contribution in [3.8, 4) is 0 Å². The molecule has 0 saturated carbocycles. The van der Waals surface area contributed by atoms with Crippen molar-refractivity contribution in [3.63, 3.8) is 0 Å². The number of carbonyl (C=O) groups is 4. The molecule has 1 aliphatic rings. The molecule has 0 aliphatic carbocycles. The fourth-order valence-corrected chi connectivity index (χ4v) is 4.22. The fourth-order valence-electron chi connectivity index (χ4n) is 3.15. The number of benzene rings is 2. The van der Waals surface area contributed by atoms with E-state index < -0.39 is 30.2 Å². The molecule has 8 nitrogen and oxygen atoms in total. The summed E-state index contributed by atoms with van der Waals surface area (Å²) in [5, 5.41) is 0. The van der Waals surface area contributed by atoms with Gasteiger partial charge in [-0.25, -0.2) is 4.79 Å². The zero-order valence-corrected chi connectivity index (χ0v) is 16.4. The first-order chi connectivity index (χ1) is 13.9. The number of amides is 3. The molecule has 0 saturated heterocycles. The van der Waals surface area contributed by atoms with E-state index in [2.05, 4.69) is 4.99 Å². The summed E-state index contributed by atoms with van der Waals surface area (Å²) in [4.78, 5) is 54.3. The lowest BCUT2D eigenvalue weighted by Crippen LogP contribution is -2.35. The predicted octanol–water partition coefficient (Wildman–Crippen LogP) is 1.75. The standard InChI is InChI=1S/C20H15N3O5S/c1-22-14-8-7-11(19(27)28-2)9-15(14)29-20(22)21-16(24)10-23-17(25)12-5-3-4-6-13(12)18(23)26/h3-9H,10H2,1-2H3. The third-order valence-corrected chi connectivity index (χ3v) is 5.72. The molecule has 0 fully saturated rings. The maximum Gasteiger partial charge on any atom is 0.337 e. The number of nitrogens with zero attached hydrogens (tertiary/aromatic N) is 3. The van der Waals surface area contributed by atoms with Gasteiger partial charge in [-0.15, -0.1) is 0 Å². The SMILES string of the molecule is COC(=O)c1ccc2c(c1)sc(=NC(=O)CN1C(=O)c3ccccc3C1=O)n2C. The number of hydrogen-bond acceptors (Lipinski definition) is 6. The largest absolute Gasteiger partial charge is 0.465 e. The number of esters is 1. The molecule has 0 atom stereocenters. The lowest BCUT2D eigenvalue weighted by molar-refractivity contribution is -0.118. The van der Waals surface area contributed by atoms with Crippen LogP contribution in [0.4, 0.5) is 0 Å². The van der Waals surface area contributed by atoms with Gasteiger partial charge in [-0.3, -0.25) is 19.3 Å². The average molecular weight is 409 g/mol. The highest BCUT2D eigenvalue weighted by molar-refractivity contribution is 7.16. The highest BCUT2D eigenvalue weighted by Crippen LogP contribution is 2.22. The molecule has 2 aromatic carbocycles. The molecule has 0 spiro atoms. The van der Waals surface area contributed by atoms with Crippen LogP contribution in [0.2, 0.25) is 0 Å². The van der Waals surface area contributed by atoms with Crippen molar-refractivity contribution in [1.29, 1.82) is 0 Å². The second kappa shape index (κ2) is 7.10. The fraction of sp³-hybridized carbons (Fsp3) is 0.150. The molecule has 1 aliphatic heterocycles. The molecule has 3 aromatic rings. The van der Waals surface area contributed by atoms with Crippen molar-refractivity contribution >= 4 is 45.2 Å². The van der Waals surface area contributed by atoms with Crippen LogP contribution in [0, 0.1) is 0 Å². The maximum atomic E-state index is 12.5. The van der Waals surface area contributed by atoms with Gasteiger partial charge in [0.05, 0.1) is 34.0 Å². The number of methoxy groups -OCH3 is 1. The average Bonchev–Trinajstić information content (AvgIpc) is 3.16. The van der Waals surface area contributed by atoms with E-state index in [0.717, 1.165) is 15.1 Å². The van der Waals surface area contributed by atoms with Crippen LogP contribution in [0.25, 0.3) is 10.2 Å².